The Hall–Kier alpha value is -2.29. The molecule has 0 fully saturated rings. The molecule has 2 aromatic rings. The molecular formula is C26H36O3. The zero-order chi connectivity index (χ0) is 21.7. The Morgan fingerprint density at radius 2 is 1.48 bits per heavy atom. The molecule has 2 aromatic carbocycles. The number of benzene rings is 2. The molecule has 3 nitrogen and oxygen atoms in total. The molecule has 0 N–H and O–H groups in total. The fraction of sp³-hybridized carbons (Fsp3) is 0.500. The van der Waals surface area contributed by atoms with Crippen LogP contribution >= 0.6 is 0 Å². The molecule has 0 saturated carbocycles. The van der Waals surface area contributed by atoms with Crippen molar-refractivity contribution in [3.05, 3.63) is 65.7 Å². The van der Waals surface area contributed by atoms with Gasteiger partial charge in [-0.25, -0.2) is 0 Å². The maximum Gasteiger partial charge on any atom is 0.313 e. The monoisotopic (exact) mass is 396 g/mol. The van der Waals surface area contributed by atoms with Gasteiger partial charge in [-0.15, -0.1) is 0 Å². The van der Waals surface area contributed by atoms with Crippen LogP contribution in [0, 0.1) is 10.8 Å². The van der Waals surface area contributed by atoms with E-state index in [1.807, 2.05) is 31.2 Å². The second-order valence-corrected chi connectivity index (χ2v) is 8.89. The minimum absolute atomic E-state index is 0.156. The van der Waals surface area contributed by atoms with Crippen molar-refractivity contribution in [3.63, 3.8) is 0 Å². The summed E-state index contributed by atoms with van der Waals surface area (Å²) >= 11 is 0. The van der Waals surface area contributed by atoms with Gasteiger partial charge in [0.25, 0.3) is 0 Å². The van der Waals surface area contributed by atoms with Crippen LogP contribution in [0.5, 0.6) is 5.75 Å². The van der Waals surface area contributed by atoms with Crippen LogP contribution in [0.15, 0.2) is 54.6 Å². The minimum Gasteiger partial charge on any atom is -0.496 e. The van der Waals surface area contributed by atoms with Crippen molar-refractivity contribution in [1.29, 1.82) is 0 Å². The van der Waals surface area contributed by atoms with Gasteiger partial charge in [-0.1, -0.05) is 76.2 Å². The lowest BCUT2D eigenvalue weighted by molar-refractivity contribution is -0.170. The molecular weight excluding hydrogens is 360 g/mol. The molecule has 0 aromatic heterocycles. The summed E-state index contributed by atoms with van der Waals surface area (Å²) in [5, 5.41) is 0. The maximum atomic E-state index is 13.6. The van der Waals surface area contributed by atoms with Crippen LogP contribution < -0.4 is 4.74 Å². The summed E-state index contributed by atoms with van der Waals surface area (Å²) in [4.78, 5) is 13.6. The molecule has 0 radical (unpaired) electrons. The van der Waals surface area contributed by atoms with E-state index in [0.29, 0.717) is 6.61 Å². The molecule has 2 rings (SSSR count). The van der Waals surface area contributed by atoms with Gasteiger partial charge in [0.2, 0.25) is 0 Å². The Balaban J connectivity index is 2.88. The third-order valence-corrected chi connectivity index (χ3v) is 6.72. The van der Waals surface area contributed by atoms with Gasteiger partial charge in [0.05, 0.1) is 19.1 Å². The van der Waals surface area contributed by atoms with Crippen molar-refractivity contribution in [2.45, 2.75) is 59.8 Å². The van der Waals surface area contributed by atoms with Crippen molar-refractivity contribution in [1.82, 2.24) is 0 Å². The van der Waals surface area contributed by atoms with Crippen LogP contribution in [-0.4, -0.2) is 19.7 Å². The number of carbonyl (C=O) groups is 1. The lowest BCUT2D eigenvalue weighted by atomic mass is 9.48. The summed E-state index contributed by atoms with van der Waals surface area (Å²) in [5.41, 5.74) is 0.616. The highest BCUT2D eigenvalue weighted by Crippen LogP contribution is 2.58. The molecule has 0 aliphatic heterocycles. The average Bonchev–Trinajstić information content (AvgIpc) is 2.71. The summed E-state index contributed by atoms with van der Waals surface area (Å²) in [5.74, 6) is 0.654. The van der Waals surface area contributed by atoms with Crippen LogP contribution in [0.1, 0.15) is 59.1 Å². The summed E-state index contributed by atoms with van der Waals surface area (Å²) in [6.45, 7) is 12.9. The fourth-order valence-corrected chi connectivity index (χ4v) is 4.69. The number of hydrogen-bond donors (Lipinski definition) is 0. The first-order valence-corrected chi connectivity index (χ1v) is 10.5. The van der Waals surface area contributed by atoms with Crippen LogP contribution in [0.25, 0.3) is 0 Å². The fourth-order valence-electron chi connectivity index (χ4n) is 4.69. The highest BCUT2D eigenvalue weighted by Gasteiger charge is 2.60. The predicted octanol–water partition coefficient (Wildman–Crippen LogP) is 6.20. The van der Waals surface area contributed by atoms with E-state index in [-0.39, 0.29) is 11.4 Å². The number of carbonyl (C=O) groups excluding carboxylic acids is 1. The summed E-state index contributed by atoms with van der Waals surface area (Å²) in [6, 6.07) is 18.5. The number of ether oxygens (including phenoxy) is 2. The minimum atomic E-state index is -0.783. The Bertz CT molecular complexity index is 806. The second-order valence-electron chi connectivity index (χ2n) is 8.89. The van der Waals surface area contributed by atoms with Crippen LogP contribution in [-0.2, 0) is 21.4 Å². The smallest absolute Gasteiger partial charge is 0.313 e. The zero-order valence-electron chi connectivity index (χ0n) is 19.0. The Morgan fingerprint density at radius 3 is 2.00 bits per heavy atom. The maximum absolute atomic E-state index is 13.6. The van der Waals surface area contributed by atoms with Crippen LogP contribution in [0.4, 0.5) is 0 Å². The Morgan fingerprint density at radius 1 is 0.897 bits per heavy atom. The SMILES string of the molecule is CCOC(=O)C(C)(C(C)(C)C)C(CC)(Cc1ccccc1)c1ccccc1OC. The average molecular weight is 397 g/mol. The first-order valence-electron chi connectivity index (χ1n) is 10.5. The Labute approximate surface area is 176 Å². The molecule has 0 bridgehead atoms. The number of hydrogen-bond acceptors (Lipinski definition) is 3. The number of methoxy groups -OCH3 is 1. The van der Waals surface area contributed by atoms with Gasteiger partial charge in [0, 0.05) is 11.0 Å². The summed E-state index contributed by atoms with van der Waals surface area (Å²) < 4.78 is 11.5. The van der Waals surface area contributed by atoms with Crippen molar-refractivity contribution in [2.24, 2.45) is 10.8 Å². The topological polar surface area (TPSA) is 35.5 Å². The molecule has 0 saturated heterocycles. The number of rotatable bonds is 8. The van der Waals surface area contributed by atoms with Gasteiger partial charge in [-0.3, -0.25) is 4.79 Å². The molecule has 0 aliphatic carbocycles. The van der Waals surface area contributed by atoms with Gasteiger partial charge in [0.15, 0.2) is 0 Å². The predicted molar refractivity (Wildman–Crippen MR) is 119 cm³/mol. The summed E-state index contributed by atoms with van der Waals surface area (Å²) in [6.07, 6.45) is 1.49. The van der Waals surface area contributed by atoms with E-state index in [9.17, 15) is 4.79 Å². The lowest BCUT2D eigenvalue weighted by Gasteiger charge is -2.54. The van der Waals surface area contributed by atoms with E-state index in [4.69, 9.17) is 9.47 Å². The van der Waals surface area contributed by atoms with E-state index < -0.39 is 10.8 Å². The molecule has 158 valence electrons. The molecule has 3 heteroatoms. The van der Waals surface area contributed by atoms with Crippen LogP contribution in [0.3, 0.4) is 0 Å². The van der Waals surface area contributed by atoms with Gasteiger partial charge < -0.3 is 9.47 Å². The van der Waals surface area contributed by atoms with Gasteiger partial charge in [0.1, 0.15) is 5.75 Å². The molecule has 0 aliphatic rings. The van der Waals surface area contributed by atoms with Gasteiger partial charge in [-0.2, -0.15) is 0 Å². The third kappa shape index (κ3) is 4.05. The first kappa shape index (κ1) is 23.0. The van der Waals surface area contributed by atoms with E-state index >= 15 is 0 Å². The first-order chi connectivity index (χ1) is 13.7. The highest BCUT2D eigenvalue weighted by atomic mass is 16.5. The molecule has 29 heavy (non-hydrogen) atoms. The van der Waals surface area contributed by atoms with Gasteiger partial charge >= 0.3 is 5.97 Å². The van der Waals surface area contributed by atoms with Crippen molar-refractivity contribution in [2.75, 3.05) is 13.7 Å². The van der Waals surface area contributed by atoms with E-state index in [2.05, 4.69) is 65.0 Å². The van der Waals surface area contributed by atoms with Gasteiger partial charge in [-0.05, 0) is 43.7 Å². The highest BCUT2D eigenvalue weighted by molar-refractivity contribution is 5.80. The molecule has 0 amide bonds. The lowest BCUT2D eigenvalue weighted by Crippen LogP contribution is -2.58. The van der Waals surface area contributed by atoms with Crippen molar-refractivity contribution >= 4 is 5.97 Å². The number of para-hydroxylation sites is 1. The quantitative estimate of drug-likeness (QED) is 0.498. The Kier molecular flexibility index (Phi) is 7.15. The number of esters is 1. The van der Waals surface area contributed by atoms with E-state index in [1.165, 1.54) is 5.56 Å². The van der Waals surface area contributed by atoms with E-state index in [0.717, 1.165) is 24.2 Å². The van der Waals surface area contributed by atoms with E-state index in [1.54, 1.807) is 7.11 Å². The molecule has 2 unspecified atom stereocenters. The molecule has 0 spiro atoms. The van der Waals surface area contributed by atoms with Crippen molar-refractivity contribution in [3.8, 4) is 5.75 Å². The molecule has 2 atom stereocenters. The zero-order valence-corrected chi connectivity index (χ0v) is 19.0. The summed E-state index contributed by atoms with van der Waals surface area (Å²) in [7, 11) is 1.70. The third-order valence-electron chi connectivity index (χ3n) is 6.72. The van der Waals surface area contributed by atoms with Crippen LogP contribution in [0.2, 0.25) is 0 Å². The standard InChI is InChI=1S/C26H36O3/c1-8-26(19-20-15-11-10-12-16-20,21-17-13-14-18-22(21)28-7)25(6,24(3,4)5)23(27)29-9-2/h10-18H,8-9,19H2,1-7H3. The largest absolute Gasteiger partial charge is 0.496 e. The molecule has 0 heterocycles. The van der Waals surface area contributed by atoms with Crippen molar-refractivity contribution < 1.29 is 14.3 Å². The normalized spacial score (nSPS) is 15.8. The second kappa shape index (κ2) is 9.02.